The van der Waals surface area contributed by atoms with Gasteiger partial charge in [-0.2, -0.15) is 4.68 Å². The van der Waals surface area contributed by atoms with Crippen molar-refractivity contribution in [3.8, 4) is 5.69 Å². The highest BCUT2D eigenvalue weighted by Gasteiger charge is 2.21. The van der Waals surface area contributed by atoms with Crippen LogP contribution < -0.4 is 5.32 Å². The van der Waals surface area contributed by atoms with Crippen LogP contribution in [0.5, 0.6) is 0 Å². The number of anilines is 1. The lowest BCUT2D eigenvalue weighted by Gasteiger charge is -2.11. The topological polar surface area (TPSA) is 98.7 Å². The number of benzene rings is 1. The number of thioether (sulfide) groups is 1. The molecule has 9 heteroatoms. The lowest BCUT2D eigenvalue weighted by molar-refractivity contribution is -0.115. The molecule has 0 aliphatic rings. The number of amides is 1. The molecule has 2 aromatic heterocycles. The molecule has 0 fully saturated rings. The van der Waals surface area contributed by atoms with Gasteiger partial charge in [0.25, 0.3) is 0 Å². The quantitative estimate of drug-likeness (QED) is 0.700. The van der Waals surface area contributed by atoms with Crippen LogP contribution in [-0.2, 0) is 4.79 Å². The predicted molar refractivity (Wildman–Crippen MR) is 93.8 cm³/mol. The first-order valence-electron chi connectivity index (χ1n) is 7.71. The summed E-state index contributed by atoms with van der Waals surface area (Å²) in [4.78, 5) is 12.3. The number of aromatic nitrogens is 5. The average molecular weight is 358 g/mol. The van der Waals surface area contributed by atoms with E-state index >= 15 is 0 Å². The van der Waals surface area contributed by atoms with Gasteiger partial charge in [0, 0.05) is 6.07 Å². The molecule has 0 saturated carbocycles. The minimum atomic E-state index is -0.416. The van der Waals surface area contributed by atoms with Crippen LogP contribution in [0.2, 0.25) is 0 Å². The summed E-state index contributed by atoms with van der Waals surface area (Å²) in [6.07, 6.45) is 0. The van der Waals surface area contributed by atoms with Crippen LogP contribution in [0.1, 0.15) is 23.7 Å². The third-order valence-electron chi connectivity index (χ3n) is 3.55. The maximum atomic E-state index is 12.3. The minimum Gasteiger partial charge on any atom is -0.338 e. The van der Waals surface area contributed by atoms with Crippen molar-refractivity contribution in [3.63, 3.8) is 0 Å². The second-order valence-electron chi connectivity index (χ2n) is 5.75. The maximum Gasteiger partial charge on any atom is 0.240 e. The fourth-order valence-electron chi connectivity index (χ4n) is 2.30. The van der Waals surface area contributed by atoms with Crippen LogP contribution in [-0.4, -0.2) is 36.5 Å². The molecule has 0 bridgehead atoms. The van der Waals surface area contributed by atoms with E-state index < -0.39 is 5.25 Å². The summed E-state index contributed by atoms with van der Waals surface area (Å²) in [7, 11) is 0. The third-order valence-corrected chi connectivity index (χ3v) is 4.58. The summed E-state index contributed by atoms with van der Waals surface area (Å²) in [6.45, 7) is 7.60. The number of carbonyl (C=O) groups excluding carboxylic acids is 1. The predicted octanol–water partition coefficient (Wildman–Crippen LogP) is 2.69. The molecule has 1 aromatic carbocycles. The first kappa shape index (κ1) is 17.2. The van der Waals surface area contributed by atoms with E-state index in [1.165, 1.54) is 17.3 Å². The Morgan fingerprint density at radius 2 is 2.08 bits per heavy atom. The number of aryl methyl sites for hydroxylation is 3. The van der Waals surface area contributed by atoms with Crippen LogP contribution in [0.15, 0.2) is 33.9 Å². The Labute approximate surface area is 149 Å². The number of hydrogen-bond acceptors (Lipinski definition) is 7. The first-order chi connectivity index (χ1) is 11.9. The van der Waals surface area contributed by atoms with Crippen molar-refractivity contribution in [2.45, 2.75) is 38.1 Å². The molecule has 1 N–H and O–H groups in total. The van der Waals surface area contributed by atoms with Gasteiger partial charge in [-0.15, -0.1) is 5.10 Å². The molecular weight excluding hydrogens is 340 g/mol. The fraction of sp³-hybridized carbons (Fsp3) is 0.312. The Kier molecular flexibility index (Phi) is 4.84. The normalized spacial score (nSPS) is 12.2. The van der Waals surface area contributed by atoms with Crippen molar-refractivity contribution in [1.29, 1.82) is 0 Å². The number of nitrogens with one attached hydrogen (secondary N) is 1. The number of tetrazole rings is 1. The smallest absolute Gasteiger partial charge is 0.240 e. The molecule has 25 heavy (non-hydrogen) atoms. The monoisotopic (exact) mass is 358 g/mol. The van der Waals surface area contributed by atoms with Gasteiger partial charge in [-0.1, -0.05) is 34.6 Å². The van der Waals surface area contributed by atoms with E-state index in [1.54, 1.807) is 24.6 Å². The summed E-state index contributed by atoms with van der Waals surface area (Å²) < 4.78 is 6.64. The summed E-state index contributed by atoms with van der Waals surface area (Å²) in [5.41, 5.74) is 3.81. The van der Waals surface area contributed by atoms with Crippen molar-refractivity contribution in [3.05, 3.63) is 41.1 Å². The molecular formula is C16H18N6O2S. The van der Waals surface area contributed by atoms with Gasteiger partial charge in [-0.25, -0.2) is 0 Å². The Morgan fingerprint density at radius 3 is 2.76 bits per heavy atom. The van der Waals surface area contributed by atoms with E-state index in [0.717, 1.165) is 11.3 Å². The standard InChI is InChI=1S/C16H18N6O2S/c1-9-5-6-13(10(2)7-9)22-16(18-20-21-22)25-12(4)15(23)17-14-8-11(3)19-24-14/h5-8,12H,1-4H3,(H,17,23). The zero-order valence-electron chi connectivity index (χ0n) is 14.3. The van der Waals surface area contributed by atoms with E-state index in [0.29, 0.717) is 16.7 Å². The van der Waals surface area contributed by atoms with Gasteiger partial charge >= 0.3 is 0 Å². The Morgan fingerprint density at radius 1 is 1.28 bits per heavy atom. The Hall–Kier alpha value is -2.68. The highest BCUT2D eigenvalue weighted by atomic mass is 32.2. The second-order valence-corrected chi connectivity index (χ2v) is 7.05. The molecule has 2 heterocycles. The molecule has 1 unspecified atom stereocenters. The lowest BCUT2D eigenvalue weighted by atomic mass is 10.1. The third kappa shape index (κ3) is 3.87. The number of rotatable bonds is 5. The van der Waals surface area contributed by atoms with E-state index in [1.807, 2.05) is 26.0 Å². The van der Waals surface area contributed by atoms with Crippen molar-refractivity contribution in [2.75, 3.05) is 5.32 Å². The molecule has 3 rings (SSSR count). The zero-order chi connectivity index (χ0) is 18.0. The molecule has 8 nitrogen and oxygen atoms in total. The molecule has 130 valence electrons. The van der Waals surface area contributed by atoms with Crippen LogP contribution in [0.4, 0.5) is 5.88 Å². The Balaban J connectivity index is 1.75. The van der Waals surface area contributed by atoms with Gasteiger partial charge in [-0.05, 0) is 49.8 Å². The summed E-state index contributed by atoms with van der Waals surface area (Å²) in [5.74, 6) is 0.111. The maximum absolute atomic E-state index is 12.3. The Bertz CT molecular complexity index is 904. The van der Waals surface area contributed by atoms with E-state index in [-0.39, 0.29) is 5.91 Å². The van der Waals surface area contributed by atoms with Gasteiger partial charge in [0.05, 0.1) is 16.6 Å². The van der Waals surface area contributed by atoms with Gasteiger partial charge in [0.15, 0.2) is 0 Å². The summed E-state index contributed by atoms with van der Waals surface area (Å²) in [6, 6.07) is 7.69. The minimum absolute atomic E-state index is 0.212. The molecule has 0 aliphatic carbocycles. The molecule has 0 radical (unpaired) electrons. The van der Waals surface area contributed by atoms with Crippen LogP contribution in [0.3, 0.4) is 0 Å². The molecule has 0 saturated heterocycles. The highest BCUT2D eigenvalue weighted by Crippen LogP contribution is 2.25. The van der Waals surface area contributed by atoms with Gasteiger partial charge in [0.1, 0.15) is 0 Å². The average Bonchev–Trinajstić information content (AvgIpc) is 3.16. The fourth-order valence-corrected chi connectivity index (χ4v) is 3.10. The van der Waals surface area contributed by atoms with Crippen molar-refractivity contribution < 1.29 is 9.32 Å². The van der Waals surface area contributed by atoms with Crippen LogP contribution >= 0.6 is 11.8 Å². The number of carbonyl (C=O) groups is 1. The highest BCUT2D eigenvalue weighted by molar-refractivity contribution is 8.00. The van der Waals surface area contributed by atoms with Gasteiger partial charge in [0.2, 0.25) is 16.9 Å². The summed E-state index contributed by atoms with van der Waals surface area (Å²) >= 11 is 1.27. The molecule has 0 aliphatic heterocycles. The van der Waals surface area contributed by atoms with Gasteiger partial charge < -0.3 is 4.52 Å². The SMILES string of the molecule is Cc1ccc(-n2nnnc2SC(C)C(=O)Nc2cc(C)no2)c(C)c1. The van der Waals surface area contributed by atoms with Crippen molar-refractivity contribution >= 4 is 23.6 Å². The molecule has 3 aromatic rings. The van der Waals surface area contributed by atoms with E-state index in [9.17, 15) is 4.79 Å². The first-order valence-corrected chi connectivity index (χ1v) is 8.59. The summed E-state index contributed by atoms with van der Waals surface area (Å²) in [5, 5.41) is 18.4. The van der Waals surface area contributed by atoms with Crippen LogP contribution in [0, 0.1) is 20.8 Å². The molecule has 1 atom stereocenters. The molecule has 1 amide bonds. The van der Waals surface area contributed by atoms with E-state index in [4.69, 9.17) is 4.52 Å². The van der Waals surface area contributed by atoms with Gasteiger partial charge in [-0.3, -0.25) is 10.1 Å². The second kappa shape index (κ2) is 7.06. The number of nitrogens with zero attached hydrogens (tertiary/aromatic N) is 5. The largest absolute Gasteiger partial charge is 0.338 e. The number of hydrogen-bond donors (Lipinski definition) is 1. The van der Waals surface area contributed by atoms with E-state index in [2.05, 4.69) is 32.1 Å². The lowest BCUT2D eigenvalue weighted by Crippen LogP contribution is -2.22. The van der Waals surface area contributed by atoms with Crippen molar-refractivity contribution in [2.24, 2.45) is 0 Å². The zero-order valence-corrected chi connectivity index (χ0v) is 15.2. The molecule has 0 spiro atoms. The van der Waals surface area contributed by atoms with Crippen LogP contribution in [0.25, 0.3) is 5.69 Å². The van der Waals surface area contributed by atoms with Crippen molar-refractivity contribution in [1.82, 2.24) is 25.4 Å².